The van der Waals surface area contributed by atoms with E-state index in [1.807, 2.05) is 0 Å². The van der Waals surface area contributed by atoms with Gasteiger partial charge in [-0.05, 0) is 26.3 Å². The van der Waals surface area contributed by atoms with Gasteiger partial charge >= 0.3 is 0 Å². The van der Waals surface area contributed by atoms with Crippen molar-refractivity contribution in [3.63, 3.8) is 0 Å². The maximum Gasteiger partial charge on any atom is 0.0535 e. The van der Waals surface area contributed by atoms with Crippen molar-refractivity contribution < 1.29 is 0 Å². The van der Waals surface area contributed by atoms with E-state index in [0.29, 0.717) is 6.04 Å². The summed E-state index contributed by atoms with van der Waals surface area (Å²) in [5, 5.41) is 3.65. The summed E-state index contributed by atoms with van der Waals surface area (Å²) in [6, 6.07) is 11.4. The third-order valence-electron chi connectivity index (χ3n) is 3.57. The molecule has 1 atom stereocenters. The average Bonchev–Trinajstić information content (AvgIpc) is 2.30. The van der Waals surface area contributed by atoms with Crippen LogP contribution >= 0.6 is 0 Å². The van der Waals surface area contributed by atoms with Crippen LogP contribution in [-0.2, 0) is 5.54 Å². The molecule has 1 aliphatic rings. The Labute approximate surface area is 98.7 Å². The van der Waals surface area contributed by atoms with Crippen LogP contribution in [0.2, 0.25) is 0 Å². The zero-order chi connectivity index (χ0) is 11.6. The molecule has 0 aliphatic carbocycles. The van der Waals surface area contributed by atoms with Crippen molar-refractivity contribution in [3.8, 4) is 0 Å². The van der Waals surface area contributed by atoms with Gasteiger partial charge in [0.1, 0.15) is 0 Å². The van der Waals surface area contributed by atoms with Crippen molar-refractivity contribution in [1.82, 2.24) is 10.2 Å². The summed E-state index contributed by atoms with van der Waals surface area (Å²) in [6.07, 6.45) is 0. The highest BCUT2D eigenvalue weighted by atomic mass is 15.2. The molecule has 1 unspecified atom stereocenters. The zero-order valence-electron chi connectivity index (χ0n) is 10.5. The minimum Gasteiger partial charge on any atom is -0.305 e. The maximum atomic E-state index is 3.65. The number of rotatable bonds is 2. The molecule has 16 heavy (non-hydrogen) atoms. The van der Waals surface area contributed by atoms with Crippen molar-refractivity contribution in [2.75, 3.05) is 19.6 Å². The van der Waals surface area contributed by atoms with Gasteiger partial charge in [-0.15, -0.1) is 0 Å². The molecule has 1 fully saturated rings. The van der Waals surface area contributed by atoms with E-state index in [1.165, 1.54) is 5.56 Å². The topological polar surface area (TPSA) is 15.3 Å². The Bertz CT molecular complexity index is 334. The standard InChI is InChI=1S/C14H22N2/c1-12(2)16-10-9-15-14(3,11-16)13-7-5-4-6-8-13/h4-8,12,15H,9-11H2,1-3H3. The molecular formula is C14H22N2. The molecule has 1 aliphatic heterocycles. The van der Waals surface area contributed by atoms with E-state index in [4.69, 9.17) is 0 Å². The fourth-order valence-corrected chi connectivity index (χ4v) is 2.46. The molecule has 88 valence electrons. The van der Waals surface area contributed by atoms with Gasteiger partial charge in [0.25, 0.3) is 0 Å². The monoisotopic (exact) mass is 218 g/mol. The van der Waals surface area contributed by atoms with E-state index in [2.05, 4.69) is 61.3 Å². The van der Waals surface area contributed by atoms with Crippen LogP contribution in [-0.4, -0.2) is 30.6 Å². The van der Waals surface area contributed by atoms with Crippen molar-refractivity contribution >= 4 is 0 Å². The summed E-state index contributed by atoms with van der Waals surface area (Å²) in [6.45, 7) is 10.2. The lowest BCUT2D eigenvalue weighted by atomic mass is 9.89. The van der Waals surface area contributed by atoms with Gasteiger partial charge in [-0.2, -0.15) is 0 Å². The molecule has 0 aromatic heterocycles. The predicted octanol–water partition coefficient (Wildman–Crippen LogP) is 2.22. The van der Waals surface area contributed by atoms with Crippen molar-refractivity contribution in [2.45, 2.75) is 32.4 Å². The van der Waals surface area contributed by atoms with Gasteiger partial charge in [-0.1, -0.05) is 30.3 Å². The van der Waals surface area contributed by atoms with Gasteiger partial charge in [0.15, 0.2) is 0 Å². The molecule has 1 aromatic carbocycles. The Hall–Kier alpha value is -0.860. The lowest BCUT2D eigenvalue weighted by Gasteiger charge is -2.43. The molecule has 1 N–H and O–H groups in total. The van der Waals surface area contributed by atoms with E-state index in [1.54, 1.807) is 0 Å². The van der Waals surface area contributed by atoms with Gasteiger partial charge in [-0.25, -0.2) is 0 Å². The number of piperazine rings is 1. The van der Waals surface area contributed by atoms with Crippen molar-refractivity contribution in [2.24, 2.45) is 0 Å². The summed E-state index contributed by atoms with van der Waals surface area (Å²) in [7, 11) is 0. The molecule has 0 amide bonds. The Morgan fingerprint density at radius 2 is 1.94 bits per heavy atom. The molecule has 0 spiro atoms. The van der Waals surface area contributed by atoms with E-state index in [9.17, 15) is 0 Å². The van der Waals surface area contributed by atoms with Crippen LogP contribution < -0.4 is 5.32 Å². The van der Waals surface area contributed by atoms with Crippen molar-refractivity contribution in [1.29, 1.82) is 0 Å². The van der Waals surface area contributed by atoms with Crippen LogP contribution in [0.25, 0.3) is 0 Å². The second-order valence-corrected chi connectivity index (χ2v) is 5.19. The molecule has 1 saturated heterocycles. The number of nitrogens with one attached hydrogen (secondary N) is 1. The SMILES string of the molecule is CC(C)N1CCNC(C)(c2ccccc2)C1. The Kier molecular flexibility index (Phi) is 3.31. The lowest BCUT2D eigenvalue weighted by Crippen LogP contribution is -2.58. The Morgan fingerprint density at radius 1 is 1.25 bits per heavy atom. The largest absolute Gasteiger partial charge is 0.305 e. The molecule has 1 heterocycles. The molecule has 0 bridgehead atoms. The summed E-state index contributed by atoms with van der Waals surface area (Å²) < 4.78 is 0. The van der Waals surface area contributed by atoms with Crippen LogP contribution in [0.3, 0.4) is 0 Å². The smallest absolute Gasteiger partial charge is 0.0535 e. The molecule has 2 nitrogen and oxygen atoms in total. The van der Waals surface area contributed by atoms with Gasteiger partial charge in [-0.3, -0.25) is 4.90 Å². The number of hydrogen-bond acceptors (Lipinski definition) is 2. The molecule has 0 radical (unpaired) electrons. The zero-order valence-corrected chi connectivity index (χ0v) is 10.5. The third-order valence-corrected chi connectivity index (χ3v) is 3.57. The first-order valence-electron chi connectivity index (χ1n) is 6.16. The minimum atomic E-state index is 0.101. The van der Waals surface area contributed by atoms with Crippen LogP contribution in [0.1, 0.15) is 26.3 Å². The molecule has 2 heteroatoms. The summed E-state index contributed by atoms with van der Waals surface area (Å²) >= 11 is 0. The number of nitrogens with zero attached hydrogens (tertiary/aromatic N) is 1. The van der Waals surface area contributed by atoms with Crippen molar-refractivity contribution in [3.05, 3.63) is 35.9 Å². The van der Waals surface area contributed by atoms with Gasteiger partial charge in [0.2, 0.25) is 0 Å². The second kappa shape index (κ2) is 4.56. The second-order valence-electron chi connectivity index (χ2n) is 5.19. The fourth-order valence-electron chi connectivity index (χ4n) is 2.46. The fraction of sp³-hybridized carbons (Fsp3) is 0.571. The van der Waals surface area contributed by atoms with E-state index >= 15 is 0 Å². The van der Waals surface area contributed by atoms with Gasteiger partial charge in [0.05, 0.1) is 5.54 Å². The summed E-state index contributed by atoms with van der Waals surface area (Å²) in [5.41, 5.74) is 1.49. The van der Waals surface area contributed by atoms with Gasteiger partial charge < -0.3 is 5.32 Å². The van der Waals surface area contributed by atoms with Gasteiger partial charge in [0, 0.05) is 25.7 Å². The third kappa shape index (κ3) is 2.28. The van der Waals surface area contributed by atoms with Crippen LogP contribution in [0.5, 0.6) is 0 Å². The van der Waals surface area contributed by atoms with E-state index < -0.39 is 0 Å². The molecular weight excluding hydrogens is 196 g/mol. The van der Waals surface area contributed by atoms with Crippen LogP contribution in [0, 0.1) is 0 Å². The van der Waals surface area contributed by atoms with Crippen LogP contribution in [0.15, 0.2) is 30.3 Å². The van der Waals surface area contributed by atoms with E-state index in [0.717, 1.165) is 19.6 Å². The normalized spacial score (nSPS) is 27.2. The highest BCUT2D eigenvalue weighted by Crippen LogP contribution is 2.24. The highest BCUT2D eigenvalue weighted by Gasteiger charge is 2.32. The first-order chi connectivity index (χ1) is 7.62. The molecule has 2 rings (SSSR count). The quantitative estimate of drug-likeness (QED) is 0.819. The highest BCUT2D eigenvalue weighted by molar-refractivity contribution is 5.24. The Morgan fingerprint density at radius 3 is 2.56 bits per heavy atom. The lowest BCUT2D eigenvalue weighted by molar-refractivity contribution is 0.114. The maximum absolute atomic E-state index is 3.65. The first kappa shape index (κ1) is 11.6. The first-order valence-corrected chi connectivity index (χ1v) is 6.16. The van der Waals surface area contributed by atoms with E-state index in [-0.39, 0.29) is 5.54 Å². The molecule has 0 saturated carbocycles. The molecule has 1 aromatic rings. The van der Waals surface area contributed by atoms with Crippen LogP contribution in [0.4, 0.5) is 0 Å². The summed E-state index contributed by atoms with van der Waals surface area (Å²) in [4.78, 5) is 2.55. The average molecular weight is 218 g/mol. The Balaban J connectivity index is 2.19. The summed E-state index contributed by atoms with van der Waals surface area (Å²) in [5.74, 6) is 0. The minimum absolute atomic E-state index is 0.101. The predicted molar refractivity (Wildman–Crippen MR) is 68.5 cm³/mol. The number of benzene rings is 1. The number of hydrogen-bond donors (Lipinski definition) is 1.